The standard InChI is InChI=1S/C19H32N6/c1-14(2)22(5)12-18-17-7-8-24(11-16-9-20-23(6)10-16)13-19(17)25(21-18)15(3)4/h9-10,14-15H,7-8,11-13H2,1-6H3. The molecule has 2 aromatic rings. The Kier molecular flexibility index (Phi) is 5.29. The summed E-state index contributed by atoms with van der Waals surface area (Å²) in [5.41, 5.74) is 5.42. The lowest BCUT2D eigenvalue weighted by Crippen LogP contribution is -2.32. The Hall–Kier alpha value is -1.66. The third-order valence-electron chi connectivity index (χ3n) is 5.19. The van der Waals surface area contributed by atoms with E-state index in [1.54, 1.807) is 0 Å². The smallest absolute Gasteiger partial charge is 0.0800 e. The summed E-state index contributed by atoms with van der Waals surface area (Å²) < 4.78 is 4.12. The van der Waals surface area contributed by atoms with Crippen molar-refractivity contribution in [1.82, 2.24) is 29.4 Å². The Balaban J connectivity index is 1.81. The van der Waals surface area contributed by atoms with E-state index in [9.17, 15) is 0 Å². The van der Waals surface area contributed by atoms with E-state index >= 15 is 0 Å². The third kappa shape index (κ3) is 3.96. The minimum Gasteiger partial charge on any atom is -0.298 e. The maximum absolute atomic E-state index is 4.99. The largest absolute Gasteiger partial charge is 0.298 e. The maximum atomic E-state index is 4.99. The first-order valence-corrected chi connectivity index (χ1v) is 9.34. The predicted octanol–water partition coefficient (Wildman–Crippen LogP) is 2.60. The molecule has 0 aromatic carbocycles. The van der Waals surface area contributed by atoms with E-state index in [0.29, 0.717) is 12.1 Å². The molecule has 6 nitrogen and oxygen atoms in total. The van der Waals surface area contributed by atoms with Crippen molar-refractivity contribution >= 4 is 0 Å². The molecule has 1 aliphatic rings. The molecule has 0 saturated heterocycles. The van der Waals surface area contributed by atoms with Crippen molar-refractivity contribution < 1.29 is 0 Å². The molecule has 0 spiro atoms. The fourth-order valence-corrected chi connectivity index (χ4v) is 3.49. The van der Waals surface area contributed by atoms with Gasteiger partial charge in [0.2, 0.25) is 0 Å². The Bertz CT molecular complexity index is 712. The molecule has 3 rings (SSSR count). The molecule has 1 aliphatic heterocycles. The van der Waals surface area contributed by atoms with Crippen LogP contribution in [0.15, 0.2) is 12.4 Å². The van der Waals surface area contributed by atoms with E-state index in [2.05, 4.69) is 60.5 Å². The van der Waals surface area contributed by atoms with E-state index in [-0.39, 0.29) is 0 Å². The van der Waals surface area contributed by atoms with E-state index < -0.39 is 0 Å². The molecule has 0 fully saturated rings. The number of hydrogen-bond acceptors (Lipinski definition) is 4. The van der Waals surface area contributed by atoms with Crippen LogP contribution < -0.4 is 0 Å². The maximum Gasteiger partial charge on any atom is 0.0800 e. The van der Waals surface area contributed by atoms with E-state index in [0.717, 1.165) is 32.6 Å². The van der Waals surface area contributed by atoms with E-state index in [1.807, 2.05) is 17.9 Å². The third-order valence-corrected chi connectivity index (χ3v) is 5.19. The van der Waals surface area contributed by atoms with Gasteiger partial charge in [-0.1, -0.05) is 0 Å². The highest BCUT2D eigenvalue weighted by molar-refractivity contribution is 5.29. The summed E-state index contributed by atoms with van der Waals surface area (Å²) in [7, 11) is 4.16. The average Bonchev–Trinajstić information content (AvgIpc) is 3.11. The quantitative estimate of drug-likeness (QED) is 0.808. The van der Waals surface area contributed by atoms with Gasteiger partial charge in [-0.05, 0) is 41.2 Å². The summed E-state index contributed by atoms with van der Waals surface area (Å²) in [5, 5.41) is 9.28. The van der Waals surface area contributed by atoms with Gasteiger partial charge in [0, 0.05) is 62.6 Å². The van der Waals surface area contributed by atoms with Crippen LogP contribution in [-0.4, -0.2) is 49.0 Å². The number of fused-ring (bicyclic) bond motifs is 1. The van der Waals surface area contributed by atoms with Gasteiger partial charge in [-0.2, -0.15) is 10.2 Å². The summed E-state index contributed by atoms with van der Waals surface area (Å²) in [5.74, 6) is 0. The SMILES string of the molecule is CC(C)N(C)Cc1nn(C(C)C)c2c1CCN(Cc1cnn(C)c1)C2. The lowest BCUT2D eigenvalue weighted by Gasteiger charge is -2.28. The van der Waals surface area contributed by atoms with Crippen molar-refractivity contribution in [2.24, 2.45) is 7.05 Å². The fraction of sp³-hybridized carbons (Fsp3) is 0.684. The highest BCUT2D eigenvalue weighted by Gasteiger charge is 2.26. The number of rotatable bonds is 6. The molecule has 3 heterocycles. The summed E-state index contributed by atoms with van der Waals surface area (Å²) in [4.78, 5) is 4.88. The number of aromatic nitrogens is 4. The van der Waals surface area contributed by atoms with Gasteiger partial charge in [0.15, 0.2) is 0 Å². The van der Waals surface area contributed by atoms with Crippen molar-refractivity contribution in [3.63, 3.8) is 0 Å². The molecule has 0 bridgehead atoms. The van der Waals surface area contributed by atoms with Gasteiger partial charge in [0.25, 0.3) is 0 Å². The Labute approximate surface area is 151 Å². The zero-order valence-corrected chi connectivity index (χ0v) is 16.5. The van der Waals surface area contributed by atoms with Crippen LogP contribution in [0.1, 0.15) is 56.3 Å². The number of hydrogen-bond donors (Lipinski definition) is 0. The number of aryl methyl sites for hydroxylation is 1. The Morgan fingerprint density at radius 1 is 1.24 bits per heavy atom. The van der Waals surface area contributed by atoms with Gasteiger partial charge in [-0.15, -0.1) is 0 Å². The molecule has 0 aliphatic carbocycles. The molecule has 0 saturated carbocycles. The van der Waals surface area contributed by atoms with Gasteiger partial charge in [-0.25, -0.2) is 0 Å². The van der Waals surface area contributed by atoms with Gasteiger partial charge >= 0.3 is 0 Å². The van der Waals surface area contributed by atoms with Crippen LogP contribution in [0.4, 0.5) is 0 Å². The lowest BCUT2D eigenvalue weighted by molar-refractivity contribution is 0.233. The van der Waals surface area contributed by atoms with Gasteiger partial charge in [-0.3, -0.25) is 19.2 Å². The summed E-state index contributed by atoms with van der Waals surface area (Å²) in [6.07, 6.45) is 5.17. The average molecular weight is 345 g/mol. The first-order chi connectivity index (χ1) is 11.8. The predicted molar refractivity (Wildman–Crippen MR) is 100 cm³/mol. The fourth-order valence-electron chi connectivity index (χ4n) is 3.49. The van der Waals surface area contributed by atoms with Crippen LogP contribution in [0.5, 0.6) is 0 Å². The van der Waals surface area contributed by atoms with Crippen molar-refractivity contribution in [1.29, 1.82) is 0 Å². The van der Waals surface area contributed by atoms with Crippen molar-refractivity contribution in [3.8, 4) is 0 Å². The van der Waals surface area contributed by atoms with Crippen molar-refractivity contribution in [3.05, 3.63) is 34.9 Å². The molecular formula is C19H32N6. The van der Waals surface area contributed by atoms with E-state index in [1.165, 1.54) is 22.5 Å². The van der Waals surface area contributed by atoms with Crippen LogP contribution in [0.2, 0.25) is 0 Å². The summed E-state index contributed by atoms with van der Waals surface area (Å²) >= 11 is 0. The first-order valence-electron chi connectivity index (χ1n) is 9.34. The zero-order valence-electron chi connectivity index (χ0n) is 16.5. The minimum absolute atomic E-state index is 0.394. The molecule has 25 heavy (non-hydrogen) atoms. The molecule has 2 aromatic heterocycles. The van der Waals surface area contributed by atoms with Gasteiger partial charge in [0.1, 0.15) is 0 Å². The Morgan fingerprint density at radius 3 is 2.60 bits per heavy atom. The molecule has 0 unspecified atom stereocenters. The van der Waals surface area contributed by atoms with Crippen LogP contribution >= 0.6 is 0 Å². The highest BCUT2D eigenvalue weighted by Crippen LogP contribution is 2.27. The zero-order chi connectivity index (χ0) is 18.1. The van der Waals surface area contributed by atoms with Gasteiger partial charge < -0.3 is 0 Å². The minimum atomic E-state index is 0.394. The van der Waals surface area contributed by atoms with Gasteiger partial charge in [0.05, 0.1) is 17.6 Å². The molecule has 138 valence electrons. The monoisotopic (exact) mass is 344 g/mol. The molecule has 0 N–H and O–H groups in total. The second-order valence-corrected chi connectivity index (χ2v) is 7.90. The number of nitrogens with zero attached hydrogens (tertiary/aromatic N) is 6. The molecule has 0 atom stereocenters. The highest BCUT2D eigenvalue weighted by atomic mass is 15.3. The second kappa shape index (κ2) is 7.30. The van der Waals surface area contributed by atoms with Crippen molar-refractivity contribution in [2.75, 3.05) is 13.6 Å². The van der Waals surface area contributed by atoms with Crippen LogP contribution in [0, 0.1) is 0 Å². The summed E-state index contributed by atoms with van der Waals surface area (Å²) in [6.45, 7) is 12.9. The second-order valence-electron chi connectivity index (χ2n) is 7.90. The Morgan fingerprint density at radius 2 is 2.00 bits per heavy atom. The van der Waals surface area contributed by atoms with Crippen LogP contribution in [-0.2, 0) is 33.1 Å². The molecule has 6 heteroatoms. The topological polar surface area (TPSA) is 42.1 Å². The molecule has 0 radical (unpaired) electrons. The molecule has 0 amide bonds. The first kappa shape index (κ1) is 18.1. The van der Waals surface area contributed by atoms with E-state index in [4.69, 9.17) is 5.10 Å². The normalized spacial score (nSPS) is 15.6. The van der Waals surface area contributed by atoms with Crippen molar-refractivity contribution in [2.45, 2.75) is 65.8 Å². The van der Waals surface area contributed by atoms with Crippen LogP contribution in [0.3, 0.4) is 0 Å². The molecular weight excluding hydrogens is 312 g/mol. The summed E-state index contributed by atoms with van der Waals surface area (Å²) in [6, 6.07) is 0.927. The van der Waals surface area contributed by atoms with Crippen LogP contribution in [0.25, 0.3) is 0 Å². The lowest BCUT2D eigenvalue weighted by atomic mass is 10.0.